The van der Waals surface area contributed by atoms with Gasteiger partial charge in [0.1, 0.15) is 12.4 Å². The van der Waals surface area contributed by atoms with E-state index in [2.05, 4.69) is 9.55 Å². The molecule has 0 radical (unpaired) electrons. The van der Waals surface area contributed by atoms with Gasteiger partial charge in [-0.1, -0.05) is 36.0 Å². The fraction of sp³-hybridized carbons (Fsp3) is 0.263. The fourth-order valence-corrected chi connectivity index (χ4v) is 3.54. The predicted molar refractivity (Wildman–Crippen MR) is 99.4 cm³/mol. The summed E-state index contributed by atoms with van der Waals surface area (Å²) in [4.78, 5) is 15.4. The molecule has 0 aliphatic carbocycles. The van der Waals surface area contributed by atoms with Gasteiger partial charge in [0.25, 0.3) is 0 Å². The van der Waals surface area contributed by atoms with Crippen LogP contribution in [0.25, 0.3) is 11.0 Å². The van der Waals surface area contributed by atoms with E-state index in [1.165, 1.54) is 11.8 Å². The Hall–Kier alpha value is -2.47. The van der Waals surface area contributed by atoms with Crippen molar-refractivity contribution in [1.82, 2.24) is 9.55 Å². The van der Waals surface area contributed by atoms with E-state index in [1.54, 1.807) is 0 Å². The van der Waals surface area contributed by atoms with Crippen molar-refractivity contribution < 1.29 is 14.6 Å². The van der Waals surface area contributed by atoms with Gasteiger partial charge in [-0.25, -0.2) is 4.98 Å². The summed E-state index contributed by atoms with van der Waals surface area (Å²) in [7, 11) is 0. The average Bonchev–Trinajstić information content (AvgIpc) is 2.93. The summed E-state index contributed by atoms with van der Waals surface area (Å²) in [5.41, 5.74) is 3.11. The Morgan fingerprint density at radius 2 is 2.08 bits per heavy atom. The van der Waals surface area contributed by atoms with Crippen LogP contribution in [0.4, 0.5) is 0 Å². The Kier molecular flexibility index (Phi) is 5.60. The SMILES string of the molecule is Cc1cccc(OCCn2c(SCCC(=O)O)nc3ccccc32)c1. The molecule has 1 N–H and O–H groups in total. The van der Waals surface area contributed by atoms with E-state index >= 15 is 0 Å². The average molecular weight is 356 g/mol. The summed E-state index contributed by atoms with van der Waals surface area (Å²) >= 11 is 1.47. The number of imidazole rings is 1. The highest BCUT2D eigenvalue weighted by Crippen LogP contribution is 2.24. The smallest absolute Gasteiger partial charge is 0.304 e. The number of carbonyl (C=O) groups is 1. The molecule has 0 aliphatic heterocycles. The van der Waals surface area contributed by atoms with Crippen molar-refractivity contribution in [2.75, 3.05) is 12.4 Å². The van der Waals surface area contributed by atoms with Crippen molar-refractivity contribution in [3.05, 3.63) is 54.1 Å². The number of aryl methyl sites for hydroxylation is 1. The molecule has 2 aromatic carbocycles. The molecule has 1 aromatic heterocycles. The molecule has 3 rings (SSSR count). The van der Waals surface area contributed by atoms with Crippen molar-refractivity contribution in [3.8, 4) is 5.75 Å². The summed E-state index contributed by atoms with van der Waals surface area (Å²) in [6.45, 7) is 3.22. The molecule has 3 aromatic rings. The van der Waals surface area contributed by atoms with Gasteiger partial charge in [-0.15, -0.1) is 0 Å². The van der Waals surface area contributed by atoms with Crippen molar-refractivity contribution >= 4 is 28.8 Å². The van der Waals surface area contributed by atoms with Gasteiger partial charge in [0.2, 0.25) is 0 Å². The highest BCUT2D eigenvalue weighted by Gasteiger charge is 2.11. The number of ether oxygens (including phenoxy) is 1. The zero-order valence-corrected chi connectivity index (χ0v) is 14.8. The topological polar surface area (TPSA) is 64.3 Å². The van der Waals surface area contributed by atoms with E-state index in [0.717, 1.165) is 27.5 Å². The molecule has 0 fully saturated rings. The normalized spacial score (nSPS) is 10.9. The number of hydrogen-bond donors (Lipinski definition) is 1. The molecule has 130 valence electrons. The number of carboxylic acids is 1. The molecule has 0 spiro atoms. The molecule has 5 nitrogen and oxygen atoms in total. The van der Waals surface area contributed by atoms with Gasteiger partial charge in [0, 0.05) is 5.75 Å². The quantitative estimate of drug-likeness (QED) is 0.618. The van der Waals surface area contributed by atoms with Gasteiger partial charge >= 0.3 is 5.97 Å². The van der Waals surface area contributed by atoms with Gasteiger partial charge in [-0.3, -0.25) is 4.79 Å². The Labute approximate surface area is 150 Å². The first-order valence-corrected chi connectivity index (χ1v) is 9.11. The predicted octanol–water partition coefficient (Wildman–Crippen LogP) is 3.99. The van der Waals surface area contributed by atoms with Gasteiger partial charge < -0.3 is 14.4 Å². The molecule has 0 saturated heterocycles. The maximum absolute atomic E-state index is 10.7. The van der Waals surface area contributed by atoms with Gasteiger partial charge in [-0.2, -0.15) is 0 Å². The molecular weight excluding hydrogens is 336 g/mol. The van der Waals surface area contributed by atoms with Crippen molar-refractivity contribution in [2.24, 2.45) is 0 Å². The largest absolute Gasteiger partial charge is 0.492 e. The summed E-state index contributed by atoms with van der Waals surface area (Å²) in [6.07, 6.45) is 0.119. The molecule has 0 saturated carbocycles. The Morgan fingerprint density at radius 1 is 1.24 bits per heavy atom. The number of para-hydroxylation sites is 2. The van der Waals surface area contributed by atoms with Crippen LogP contribution in [0.1, 0.15) is 12.0 Å². The van der Waals surface area contributed by atoms with Crippen LogP contribution >= 0.6 is 11.8 Å². The first kappa shape index (κ1) is 17.4. The van der Waals surface area contributed by atoms with Crippen LogP contribution in [0.5, 0.6) is 5.75 Å². The minimum absolute atomic E-state index is 0.119. The Bertz CT molecular complexity index is 876. The van der Waals surface area contributed by atoms with Gasteiger partial charge in [0.05, 0.1) is 24.0 Å². The number of nitrogens with zero attached hydrogens (tertiary/aromatic N) is 2. The van der Waals surface area contributed by atoms with Crippen LogP contribution in [0, 0.1) is 6.92 Å². The molecule has 0 unspecified atom stereocenters. The summed E-state index contributed by atoms with van der Waals surface area (Å²) in [5, 5.41) is 9.66. The molecular formula is C19H20N2O3S. The lowest BCUT2D eigenvalue weighted by Crippen LogP contribution is -2.09. The lowest BCUT2D eigenvalue weighted by molar-refractivity contribution is -0.136. The van der Waals surface area contributed by atoms with Crippen LogP contribution in [0.3, 0.4) is 0 Å². The number of fused-ring (bicyclic) bond motifs is 1. The summed E-state index contributed by atoms with van der Waals surface area (Å²) < 4.78 is 7.95. The molecule has 0 amide bonds. The lowest BCUT2D eigenvalue weighted by Gasteiger charge is -2.10. The zero-order valence-electron chi connectivity index (χ0n) is 14.0. The van der Waals surface area contributed by atoms with E-state index in [0.29, 0.717) is 18.9 Å². The maximum Gasteiger partial charge on any atom is 0.304 e. The second-order valence-electron chi connectivity index (χ2n) is 5.69. The molecule has 1 heterocycles. The minimum atomic E-state index is -0.794. The monoisotopic (exact) mass is 356 g/mol. The lowest BCUT2D eigenvalue weighted by atomic mass is 10.2. The van der Waals surface area contributed by atoms with E-state index < -0.39 is 5.97 Å². The number of hydrogen-bond acceptors (Lipinski definition) is 4. The fourth-order valence-electron chi connectivity index (χ4n) is 2.57. The molecule has 6 heteroatoms. The molecule has 0 aliphatic rings. The Morgan fingerprint density at radius 3 is 2.88 bits per heavy atom. The first-order chi connectivity index (χ1) is 12.1. The standard InChI is InChI=1S/C19H20N2O3S/c1-14-5-4-6-15(13-14)24-11-10-21-17-8-3-2-7-16(17)20-19(21)25-12-9-18(22)23/h2-8,13H,9-12H2,1H3,(H,22,23). The maximum atomic E-state index is 10.7. The van der Waals surface area contributed by atoms with E-state index in [4.69, 9.17) is 9.84 Å². The minimum Gasteiger partial charge on any atom is -0.492 e. The third-order valence-electron chi connectivity index (χ3n) is 3.74. The summed E-state index contributed by atoms with van der Waals surface area (Å²) in [6, 6.07) is 15.9. The van der Waals surface area contributed by atoms with Crippen LogP contribution in [0.15, 0.2) is 53.7 Å². The highest BCUT2D eigenvalue weighted by molar-refractivity contribution is 7.99. The number of carboxylic acid groups (broad SMARTS) is 1. The first-order valence-electron chi connectivity index (χ1n) is 8.13. The zero-order chi connectivity index (χ0) is 17.6. The molecule has 0 atom stereocenters. The van der Waals surface area contributed by atoms with Crippen molar-refractivity contribution in [3.63, 3.8) is 0 Å². The highest BCUT2D eigenvalue weighted by atomic mass is 32.2. The number of aromatic nitrogens is 2. The van der Waals surface area contributed by atoms with Gasteiger partial charge in [0.15, 0.2) is 5.16 Å². The number of aliphatic carboxylic acids is 1. The number of thioether (sulfide) groups is 1. The Balaban J connectivity index is 1.72. The van der Waals surface area contributed by atoms with Gasteiger partial charge in [-0.05, 0) is 36.8 Å². The van der Waals surface area contributed by atoms with E-state index in [1.807, 2.05) is 55.5 Å². The summed E-state index contributed by atoms with van der Waals surface area (Å²) in [5.74, 6) is 0.555. The number of rotatable bonds is 8. The second-order valence-corrected chi connectivity index (χ2v) is 6.75. The second kappa shape index (κ2) is 8.07. The van der Waals surface area contributed by atoms with Crippen LogP contribution in [-0.4, -0.2) is 33.0 Å². The molecule has 0 bridgehead atoms. The third-order valence-corrected chi connectivity index (χ3v) is 4.72. The molecule has 25 heavy (non-hydrogen) atoms. The van der Waals surface area contributed by atoms with E-state index in [9.17, 15) is 4.79 Å². The van der Waals surface area contributed by atoms with Crippen LogP contribution in [0.2, 0.25) is 0 Å². The number of benzene rings is 2. The van der Waals surface area contributed by atoms with Crippen LogP contribution < -0.4 is 4.74 Å². The van der Waals surface area contributed by atoms with Crippen molar-refractivity contribution in [2.45, 2.75) is 25.0 Å². The third kappa shape index (κ3) is 4.54. The van der Waals surface area contributed by atoms with Crippen molar-refractivity contribution in [1.29, 1.82) is 0 Å². The van der Waals surface area contributed by atoms with E-state index in [-0.39, 0.29) is 6.42 Å². The van der Waals surface area contributed by atoms with Crippen LogP contribution in [-0.2, 0) is 11.3 Å².